The Balaban J connectivity index is 2.00. The molecule has 1 aromatic heterocycles. The van der Waals surface area contributed by atoms with Crippen LogP contribution in [0.1, 0.15) is 26.5 Å². The molecule has 7 nitrogen and oxygen atoms in total. The third-order valence-electron chi connectivity index (χ3n) is 3.58. The van der Waals surface area contributed by atoms with Crippen molar-refractivity contribution >= 4 is 11.8 Å². The summed E-state index contributed by atoms with van der Waals surface area (Å²) in [5.41, 5.74) is -1.19. The summed E-state index contributed by atoms with van der Waals surface area (Å²) in [6.45, 7) is 4.29. The fraction of sp³-hybridized carbons (Fsp3) is 0.714. The van der Waals surface area contributed by atoms with Gasteiger partial charge >= 0.3 is 5.69 Å². The van der Waals surface area contributed by atoms with E-state index in [1.807, 2.05) is 0 Å². The third kappa shape index (κ3) is 4.01. The number of rotatable bonds is 6. The van der Waals surface area contributed by atoms with E-state index in [0.717, 1.165) is 16.7 Å². The molecule has 0 bridgehead atoms. The number of hydrogen-bond donors (Lipinski definition) is 3. The number of aromatic nitrogens is 2. The Kier molecular flexibility index (Phi) is 5.85. The lowest BCUT2D eigenvalue weighted by Crippen LogP contribution is -2.37. The SMILES string of the molecule is CC(C)CCSC[C@H]1O[C@@H](n2ccc(=O)[nH]c2=O)[C@H](O)[C@@H]1O. The number of hydrogen-bond acceptors (Lipinski definition) is 6. The Labute approximate surface area is 132 Å². The van der Waals surface area contributed by atoms with Crippen LogP contribution >= 0.6 is 11.8 Å². The standard InChI is InChI=1S/C14H22N2O5S/c1-8(2)4-6-22-7-9-11(18)12(19)13(21-9)16-5-3-10(17)15-14(16)20/h3,5,8-9,11-13,18-19H,4,6-7H2,1-2H3,(H,15,17,20)/t9-,11-,12-,13-/m1/s1. The lowest BCUT2D eigenvalue weighted by Gasteiger charge is -2.16. The van der Waals surface area contributed by atoms with Gasteiger partial charge < -0.3 is 14.9 Å². The summed E-state index contributed by atoms with van der Waals surface area (Å²) in [6.07, 6.45) is -1.48. The number of H-pyrrole nitrogens is 1. The molecule has 4 atom stereocenters. The quantitative estimate of drug-likeness (QED) is 0.631. The monoisotopic (exact) mass is 330 g/mol. The Bertz CT molecular complexity index is 599. The van der Waals surface area contributed by atoms with Crippen LogP contribution in [0.5, 0.6) is 0 Å². The van der Waals surface area contributed by atoms with Crippen molar-refractivity contribution < 1.29 is 14.9 Å². The van der Waals surface area contributed by atoms with Gasteiger partial charge in [-0.25, -0.2) is 4.79 Å². The Morgan fingerprint density at radius 1 is 1.36 bits per heavy atom. The smallest absolute Gasteiger partial charge is 0.330 e. The summed E-state index contributed by atoms with van der Waals surface area (Å²) in [5.74, 6) is 2.10. The molecule has 0 amide bonds. The van der Waals surface area contributed by atoms with E-state index in [0.29, 0.717) is 11.7 Å². The zero-order valence-electron chi connectivity index (χ0n) is 12.6. The first-order valence-corrected chi connectivity index (χ1v) is 8.46. The van der Waals surface area contributed by atoms with Crippen LogP contribution in [0.2, 0.25) is 0 Å². The molecule has 1 aliphatic heterocycles. The van der Waals surface area contributed by atoms with E-state index >= 15 is 0 Å². The van der Waals surface area contributed by atoms with Crippen molar-refractivity contribution in [3.05, 3.63) is 33.1 Å². The molecule has 1 fully saturated rings. The molecule has 2 heterocycles. The van der Waals surface area contributed by atoms with Gasteiger partial charge in [-0.3, -0.25) is 14.3 Å². The molecule has 0 aromatic carbocycles. The zero-order chi connectivity index (χ0) is 16.3. The Morgan fingerprint density at radius 2 is 2.09 bits per heavy atom. The topological polar surface area (TPSA) is 105 Å². The van der Waals surface area contributed by atoms with Crippen molar-refractivity contribution in [2.45, 2.75) is 44.8 Å². The second kappa shape index (κ2) is 7.45. The van der Waals surface area contributed by atoms with E-state index in [-0.39, 0.29) is 0 Å². The molecular formula is C14H22N2O5S. The van der Waals surface area contributed by atoms with Gasteiger partial charge in [0.2, 0.25) is 0 Å². The van der Waals surface area contributed by atoms with Gasteiger partial charge in [-0.1, -0.05) is 13.8 Å². The number of thioether (sulfide) groups is 1. The summed E-state index contributed by atoms with van der Waals surface area (Å²) in [4.78, 5) is 24.9. The second-order valence-electron chi connectivity index (χ2n) is 5.82. The normalized spacial score (nSPS) is 28.4. The molecule has 0 saturated carbocycles. The molecule has 0 aliphatic carbocycles. The second-order valence-corrected chi connectivity index (χ2v) is 6.97. The van der Waals surface area contributed by atoms with Crippen molar-refractivity contribution in [3.63, 3.8) is 0 Å². The highest BCUT2D eigenvalue weighted by atomic mass is 32.2. The minimum atomic E-state index is -1.21. The summed E-state index contributed by atoms with van der Waals surface area (Å²) in [7, 11) is 0. The molecule has 8 heteroatoms. The van der Waals surface area contributed by atoms with Crippen LogP contribution in [0.4, 0.5) is 0 Å². The lowest BCUT2D eigenvalue weighted by atomic mass is 10.1. The first kappa shape index (κ1) is 17.3. The minimum absolute atomic E-state index is 0.518. The average Bonchev–Trinajstić information content (AvgIpc) is 2.72. The van der Waals surface area contributed by atoms with Crippen molar-refractivity contribution in [3.8, 4) is 0 Å². The highest BCUT2D eigenvalue weighted by Gasteiger charge is 2.43. The molecule has 1 aromatic rings. The van der Waals surface area contributed by atoms with Gasteiger partial charge in [-0.2, -0.15) is 11.8 Å². The number of aromatic amines is 1. The van der Waals surface area contributed by atoms with Crippen LogP contribution in [0.3, 0.4) is 0 Å². The lowest BCUT2D eigenvalue weighted by molar-refractivity contribution is -0.0340. The van der Waals surface area contributed by atoms with Gasteiger partial charge in [0, 0.05) is 18.0 Å². The van der Waals surface area contributed by atoms with Gasteiger partial charge in [0.1, 0.15) is 12.2 Å². The molecule has 3 N–H and O–H groups in total. The molecule has 2 rings (SSSR count). The molecule has 1 saturated heterocycles. The largest absolute Gasteiger partial charge is 0.387 e. The number of nitrogens with zero attached hydrogens (tertiary/aromatic N) is 1. The number of nitrogens with one attached hydrogen (secondary N) is 1. The van der Waals surface area contributed by atoms with Gasteiger partial charge in [-0.05, 0) is 18.1 Å². The summed E-state index contributed by atoms with van der Waals surface area (Å²) < 4.78 is 6.71. The summed E-state index contributed by atoms with van der Waals surface area (Å²) >= 11 is 1.65. The highest BCUT2D eigenvalue weighted by molar-refractivity contribution is 7.99. The molecular weight excluding hydrogens is 308 g/mol. The maximum absolute atomic E-state index is 11.8. The molecule has 0 spiro atoms. The molecule has 22 heavy (non-hydrogen) atoms. The van der Waals surface area contributed by atoms with E-state index in [9.17, 15) is 19.8 Å². The van der Waals surface area contributed by atoms with Crippen molar-refractivity contribution in [2.75, 3.05) is 11.5 Å². The predicted octanol–water partition coefficient (Wildman–Crippen LogP) is -0.0649. The Morgan fingerprint density at radius 3 is 2.73 bits per heavy atom. The van der Waals surface area contributed by atoms with Crippen LogP contribution in [-0.4, -0.2) is 49.6 Å². The van der Waals surface area contributed by atoms with Gasteiger partial charge in [-0.15, -0.1) is 0 Å². The first-order valence-electron chi connectivity index (χ1n) is 7.31. The van der Waals surface area contributed by atoms with Gasteiger partial charge in [0.05, 0.1) is 6.10 Å². The van der Waals surface area contributed by atoms with E-state index in [1.54, 1.807) is 11.8 Å². The van der Waals surface area contributed by atoms with Gasteiger partial charge in [0.15, 0.2) is 6.23 Å². The third-order valence-corrected chi connectivity index (χ3v) is 4.67. The van der Waals surface area contributed by atoms with Crippen LogP contribution < -0.4 is 11.2 Å². The average molecular weight is 330 g/mol. The van der Waals surface area contributed by atoms with E-state index in [2.05, 4.69) is 18.8 Å². The summed E-state index contributed by atoms with van der Waals surface area (Å²) in [5, 5.41) is 20.2. The highest BCUT2D eigenvalue weighted by Crippen LogP contribution is 2.30. The maximum atomic E-state index is 11.8. The summed E-state index contributed by atoms with van der Waals surface area (Å²) in [6, 6.07) is 1.18. The zero-order valence-corrected chi connectivity index (χ0v) is 13.5. The maximum Gasteiger partial charge on any atom is 0.330 e. The van der Waals surface area contributed by atoms with Crippen molar-refractivity contribution in [1.82, 2.24) is 9.55 Å². The number of ether oxygens (including phenoxy) is 1. The number of aliphatic hydroxyl groups excluding tert-OH is 2. The molecule has 1 aliphatic rings. The minimum Gasteiger partial charge on any atom is -0.387 e. The molecule has 0 radical (unpaired) electrons. The Hall–Kier alpha value is -1.09. The van der Waals surface area contributed by atoms with Crippen LogP contribution in [0.15, 0.2) is 21.9 Å². The fourth-order valence-electron chi connectivity index (χ4n) is 2.24. The van der Waals surface area contributed by atoms with Crippen LogP contribution in [0.25, 0.3) is 0 Å². The van der Waals surface area contributed by atoms with E-state index in [1.165, 1.54) is 12.3 Å². The van der Waals surface area contributed by atoms with Crippen LogP contribution in [0, 0.1) is 5.92 Å². The fourth-order valence-corrected chi connectivity index (χ4v) is 3.56. The first-order chi connectivity index (χ1) is 10.4. The van der Waals surface area contributed by atoms with E-state index < -0.39 is 35.8 Å². The van der Waals surface area contributed by atoms with Crippen molar-refractivity contribution in [1.29, 1.82) is 0 Å². The van der Waals surface area contributed by atoms with Crippen LogP contribution in [-0.2, 0) is 4.74 Å². The van der Waals surface area contributed by atoms with E-state index in [4.69, 9.17) is 4.74 Å². The van der Waals surface area contributed by atoms with Gasteiger partial charge in [0.25, 0.3) is 5.56 Å². The predicted molar refractivity (Wildman–Crippen MR) is 84.0 cm³/mol. The molecule has 124 valence electrons. The molecule has 0 unspecified atom stereocenters. The van der Waals surface area contributed by atoms with Crippen molar-refractivity contribution in [2.24, 2.45) is 5.92 Å². The number of aliphatic hydroxyl groups is 2.